The van der Waals surface area contributed by atoms with Gasteiger partial charge in [0, 0.05) is 25.6 Å². The Hall–Kier alpha value is -0.610. The highest BCUT2D eigenvalue weighted by molar-refractivity contribution is 5.77. The molecule has 1 amide bonds. The SMILES string of the molecule is CC(C)(CN)CCCCN1CCC2NC(=O)CCC2C1. The number of likely N-dealkylation sites (tertiary alicyclic amines) is 1. The van der Waals surface area contributed by atoms with E-state index in [1.807, 2.05) is 0 Å². The van der Waals surface area contributed by atoms with Gasteiger partial charge in [-0.1, -0.05) is 20.3 Å². The molecule has 2 aliphatic heterocycles. The van der Waals surface area contributed by atoms with Crippen LogP contribution < -0.4 is 11.1 Å². The fourth-order valence-corrected chi connectivity index (χ4v) is 3.43. The third-order valence-corrected chi connectivity index (χ3v) is 5.04. The van der Waals surface area contributed by atoms with Crippen molar-refractivity contribution in [2.45, 2.75) is 58.4 Å². The van der Waals surface area contributed by atoms with Crippen LogP contribution in [0.3, 0.4) is 0 Å². The number of nitrogens with two attached hydrogens (primary N) is 1. The van der Waals surface area contributed by atoms with Gasteiger partial charge in [-0.25, -0.2) is 0 Å². The molecule has 2 heterocycles. The van der Waals surface area contributed by atoms with Gasteiger partial charge in [-0.3, -0.25) is 4.79 Å². The summed E-state index contributed by atoms with van der Waals surface area (Å²) >= 11 is 0. The van der Waals surface area contributed by atoms with Crippen molar-refractivity contribution in [3.05, 3.63) is 0 Å². The van der Waals surface area contributed by atoms with Crippen LogP contribution in [0.15, 0.2) is 0 Å². The van der Waals surface area contributed by atoms with Crippen LogP contribution in [0, 0.1) is 11.3 Å². The van der Waals surface area contributed by atoms with Crippen molar-refractivity contribution in [2.24, 2.45) is 17.1 Å². The molecule has 0 radical (unpaired) electrons. The lowest BCUT2D eigenvalue weighted by Gasteiger charge is -2.41. The monoisotopic (exact) mass is 281 g/mol. The van der Waals surface area contributed by atoms with Crippen molar-refractivity contribution < 1.29 is 4.79 Å². The molecule has 0 aromatic rings. The molecule has 0 bridgehead atoms. The molecule has 2 aliphatic rings. The number of rotatable bonds is 6. The molecule has 3 N–H and O–H groups in total. The van der Waals surface area contributed by atoms with E-state index >= 15 is 0 Å². The van der Waals surface area contributed by atoms with E-state index in [1.165, 1.54) is 32.4 Å². The van der Waals surface area contributed by atoms with Gasteiger partial charge in [-0.2, -0.15) is 0 Å². The van der Waals surface area contributed by atoms with Crippen molar-refractivity contribution in [1.82, 2.24) is 10.2 Å². The molecule has 0 spiro atoms. The second-order valence-electron chi connectivity index (χ2n) is 7.39. The van der Waals surface area contributed by atoms with Gasteiger partial charge in [0.2, 0.25) is 5.91 Å². The Morgan fingerprint density at radius 1 is 1.35 bits per heavy atom. The quantitative estimate of drug-likeness (QED) is 0.729. The van der Waals surface area contributed by atoms with Gasteiger partial charge < -0.3 is 16.0 Å². The molecule has 4 heteroatoms. The highest BCUT2D eigenvalue weighted by Gasteiger charge is 2.33. The standard InChI is InChI=1S/C16H31N3O/c1-16(2,12-17)8-3-4-9-19-10-7-14-13(11-19)5-6-15(20)18-14/h13-14H,3-12,17H2,1-2H3,(H,18,20). The zero-order chi connectivity index (χ0) is 14.6. The first kappa shape index (κ1) is 15.8. The minimum Gasteiger partial charge on any atom is -0.353 e. The minimum absolute atomic E-state index is 0.253. The molecule has 2 saturated heterocycles. The second kappa shape index (κ2) is 6.90. The molecule has 2 unspecified atom stereocenters. The Kier molecular flexibility index (Phi) is 5.44. The van der Waals surface area contributed by atoms with E-state index < -0.39 is 0 Å². The number of nitrogens with one attached hydrogen (secondary N) is 1. The van der Waals surface area contributed by atoms with Crippen LogP contribution in [-0.4, -0.2) is 43.0 Å². The van der Waals surface area contributed by atoms with E-state index in [4.69, 9.17) is 5.73 Å². The number of fused-ring (bicyclic) bond motifs is 1. The molecule has 2 fully saturated rings. The lowest BCUT2D eigenvalue weighted by Crippen LogP contribution is -2.54. The average molecular weight is 281 g/mol. The summed E-state index contributed by atoms with van der Waals surface area (Å²) in [5, 5.41) is 3.15. The summed E-state index contributed by atoms with van der Waals surface area (Å²) in [7, 11) is 0. The molecule has 20 heavy (non-hydrogen) atoms. The molecule has 116 valence electrons. The Labute approximate surface area is 123 Å². The number of amides is 1. The van der Waals surface area contributed by atoms with E-state index in [1.54, 1.807) is 0 Å². The number of nitrogens with zero attached hydrogens (tertiary/aromatic N) is 1. The molecular formula is C16H31N3O. The van der Waals surface area contributed by atoms with E-state index in [0.29, 0.717) is 17.4 Å². The second-order valence-corrected chi connectivity index (χ2v) is 7.39. The summed E-state index contributed by atoms with van der Waals surface area (Å²) in [6.45, 7) is 8.80. The molecule has 2 atom stereocenters. The Bertz CT molecular complexity index is 330. The fraction of sp³-hybridized carbons (Fsp3) is 0.938. The maximum absolute atomic E-state index is 11.4. The van der Waals surface area contributed by atoms with Crippen molar-refractivity contribution in [2.75, 3.05) is 26.2 Å². The summed E-state index contributed by atoms with van der Waals surface area (Å²) in [6, 6.07) is 0.448. The van der Waals surface area contributed by atoms with Gasteiger partial charge >= 0.3 is 0 Å². The summed E-state index contributed by atoms with van der Waals surface area (Å²) in [4.78, 5) is 14.0. The maximum atomic E-state index is 11.4. The van der Waals surface area contributed by atoms with Crippen LogP contribution in [0.2, 0.25) is 0 Å². The lowest BCUT2D eigenvalue weighted by atomic mass is 9.85. The van der Waals surface area contributed by atoms with E-state index in [2.05, 4.69) is 24.1 Å². The van der Waals surface area contributed by atoms with Gasteiger partial charge in [-0.05, 0) is 50.1 Å². The van der Waals surface area contributed by atoms with E-state index in [-0.39, 0.29) is 5.91 Å². The fourth-order valence-electron chi connectivity index (χ4n) is 3.43. The van der Waals surface area contributed by atoms with E-state index in [0.717, 1.165) is 32.4 Å². The van der Waals surface area contributed by atoms with Gasteiger partial charge in [0.15, 0.2) is 0 Å². The predicted octanol–water partition coefficient (Wildman–Crippen LogP) is 1.74. The van der Waals surface area contributed by atoms with Gasteiger partial charge in [0.05, 0.1) is 0 Å². The molecule has 2 rings (SSSR count). The zero-order valence-electron chi connectivity index (χ0n) is 13.2. The van der Waals surface area contributed by atoms with Gasteiger partial charge in [-0.15, -0.1) is 0 Å². The highest BCUT2D eigenvalue weighted by atomic mass is 16.1. The van der Waals surface area contributed by atoms with Gasteiger partial charge in [0.1, 0.15) is 0 Å². The molecular weight excluding hydrogens is 250 g/mol. The minimum atomic E-state index is 0.253. The van der Waals surface area contributed by atoms with Crippen molar-refractivity contribution in [1.29, 1.82) is 0 Å². The smallest absolute Gasteiger partial charge is 0.220 e. The molecule has 0 aliphatic carbocycles. The highest BCUT2D eigenvalue weighted by Crippen LogP contribution is 2.26. The third kappa shape index (κ3) is 4.45. The Morgan fingerprint density at radius 3 is 2.90 bits per heavy atom. The van der Waals surface area contributed by atoms with Crippen LogP contribution in [-0.2, 0) is 4.79 Å². The summed E-state index contributed by atoms with van der Waals surface area (Å²) in [5.74, 6) is 0.936. The summed E-state index contributed by atoms with van der Waals surface area (Å²) in [5.41, 5.74) is 6.06. The number of piperidine rings is 2. The molecule has 0 aromatic heterocycles. The third-order valence-electron chi connectivity index (χ3n) is 5.04. The van der Waals surface area contributed by atoms with Gasteiger partial charge in [0.25, 0.3) is 0 Å². The van der Waals surface area contributed by atoms with Crippen LogP contribution in [0.25, 0.3) is 0 Å². The Morgan fingerprint density at radius 2 is 2.15 bits per heavy atom. The molecule has 0 aromatic carbocycles. The number of carbonyl (C=O) groups excluding carboxylic acids is 1. The number of hydrogen-bond donors (Lipinski definition) is 2. The van der Waals surface area contributed by atoms with Crippen molar-refractivity contribution >= 4 is 5.91 Å². The largest absolute Gasteiger partial charge is 0.353 e. The first-order valence-electron chi connectivity index (χ1n) is 8.22. The average Bonchev–Trinajstić information content (AvgIpc) is 2.43. The van der Waals surface area contributed by atoms with Crippen LogP contribution in [0.1, 0.15) is 52.4 Å². The molecule has 4 nitrogen and oxygen atoms in total. The summed E-state index contributed by atoms with van der Waals surface area (Å²) < 4.78 is 0. The van der Waals surface area contributed by atoms with Crippen LogP contribution in [0.4, 0.5) is 0 Å². The van der Waals surface area contributed by atoms with Crippen LogP contribution >= 0.6 is 0 Å². The first-order valence-corrected chi connectivity index (χ1v) is 8.22. The first-order chi connectivity index (χ1) is 9.50. The van der Waals surface area contributed by atoms with Crippen molar-refractivity contribution in [3.8, 4) is 0 Å². The molecule has 0 saturated carbocycles. The van der Waals surface area contributed by atoms with Crippen LogP contribution in [0.5, 0.6) is 0 Å². The van der Waals surface area contributed by atoms with Crippen molar-refractivity contribution in [3.63, 3.8) is 0 Å². The zero-order valence-corrected chi connectivity index (χ0v) is 13.2. The maximum Gasteiger partial charge on any atom is 0.220 e. The normalized spacial score (nSPS) is 28.1. The lowest BCUT2D eigenvalue weighted by molar-refractivity contribution is -0.125. The summed E-state index contributed by atoms with van der Waals surface area (Å²) in [6.07, 6.45) is 6.69. The number of carbonyl (C=O) groups is 1. The number of hydrogen-bond acceptors (Lipinski definition) is 3. The topological polar surface area (TPSA) is 58.4 Å². The number of unbranched alkanes of at least 4 members (excludes halogenated alkanes) is 1. The predicted molar refractivity (Wildman–Crippen MR) is 82.4 cm³/mol. The van der Waals surface area contributed by atoms with E-state index in [9.17, 15) is 4.79 Å². The Balaban J connectivity index is 1.65.